The number of carbonyl (C=O) groups excluding carboxylic acids is 3. The van der Waals surface area contributed by atoms with Gasteiger partial charge in [0.05, 0.1) is 33.9 Å². The standard InChI is InChI=1S/C28H27N5OS.C21H20ClN3O3S.C12H16N2.FH/c29-22-9-7-19(25-6-3-15-35-25)16-24(22)32-27(34)20-8-10-26(30-17-20)33-13-11-28(12-14-33)18-31-23-5-2-1-4-21(23)28;1-21(2,3)28-20(27)25-15-8-6-13(17-5-4-10-29-17)11-16(15)24-19(26)14-7-9-18(22)23-12-14;1-2-4-11-10(3-1)12(9-14-11)5-7-13-8-6-12;/h1-10,15-17,31H,11-14,18,29H2,(H,32,34);4-12H,1-3H3,(H,24,26)(H,25,27);1-4,13-14H,5-9H2;1H. The maximum absolute atomic E-state index is 12.9. The lowest BCUT2D eigenvalue weighted by Crippen LogP contribution is -2.44. The Balaban J connectivity index is 0.000000154. The van der Waals surface area contributed by atoms with Crippen molar-refractivity contribution in [1.29, 1.82) is 0 Å². The summed E-state index contributed by atoms with van der Waals surface area (Å²) in [5.74, 6) is 0.324. The summed E-state index contributed by atoms with van der Waals surface area (Å²) in [6.07, 6.45) is 7.16. The van der Waals surface area contributed by atoms with Gasteiger partial charge in [-0.15, -0.1) is 22.7 Å². The van der Waals surface area contributed by atoms with E-state index in [9.17, 15) is 14.4 Å². The highest BCUT2D eigenvalue weighted by Crippen LogP contribution is 2.45. The van der Waals surface area contributed by atoms with E-state index < -0.39 is 11.7 Å². The normalized spacial score (nSPS) is 15.3. The number of hydrogen-bond donors (Lipinski definition) is 7. The average molecular weight is 1120 g/mol. The number of piperidine rings is 2. The number of anilines is 7. The van der Waals surface area contributed by atoms with Crippen LogP contribution in [0.15, 0.2) is 157 Å². The molecule has 2 saturated heterocycles. The summed E-state index contributed by atoms with van der Waals surface area (Å²) in [5.41, 5.74) is 16.6. The third-order valence-corrected chi connectivity index (χ3v) is 16.7. The first-order valence-electron chi connectivity index (χ1n) is 26.2. The lowest BCUT2D eigenvalue weighted by Gasteiger charge is -2.40. The molecular formula is C61H64ClFN10O4S2. The predicted octanol–water partition coefficient (Wildman–Crippen LogP) is 13.6. The number of fused-ring (bicyclic) bond motifs is 4. The second kappa shape index (κ2) is 24.5. The Labute approximate surface area is 473 Å². The van der Waals surface area contributed by atoms with Crippen LogP contribution in [0.4, 0.5) is 49.4 Å². The number of nitrogens with zero attached hydrogens (tertiary/aromatic N) is 3. The third-order valence-electron chi connectivity index (χ3n) is 14.7. The molecule has 2 spiro atoms. The van der Waals surface area contributed by atoms with Crippen molar-refractivity contribution in [3.05, 3.63) is 184 Å². The highest BCUT2D eigenvalue weighted by molar-refractivity contribution is 7.13. The van der Waals surface area contributed by atoms with Crippen LogP contribution in [0.25, 0.3) is 20.9 Å². The lowest BCUT2D eigenvalue weighted by atomic mass is 9.74. The first kappa shape index (κ1) is 55.9. The van der Waals surface area contributed by atoms with Crippen molar-refractivity contribution in [3.63, 3.8) is 0 Å². The van der Waals surface area contributed by atoms with Crippen LogP contribution in [-0.4, -0.2) is 72.7 Å². The van der Waals surface area contributed by atoms with Crippen LogP contribution in [0.3, 0.4) is 0 Å². The first-order valence-corrected chi connectivity index (χ1v) is 28.3. The molecule has 0 unspecified atom stereocenters. The molecule has 0 aliphatic carbocycles. The number of hydrogen-bond acceptors (Lipinski definition) is 13. The van der Waals surface area contributed by atoms with Crippen molar-refractivity contribution in [2.75, 3.05) is 76.5 Å². The van der Waals surface area contributed by atoms with Gasteiger partial charge in [-0.05, 0) is 165 Å². The number of aromatic nitrogens is 2. The van der Waals surface area contributed by atoms with E-state index in [1.807, 2.05) is 65.4 Å². The minimum atomic E-state index is -0.640. The highest BCUT2D eigenvalue weighted by atomic mass is 35.5. The topological polar surface area (TPSA) is 188 Å². The number of thiophene rings is 2. The van der Waals surface area contributed by atoms with E-state index in [1.54, 1.807) is 79.5 Å². The van der Waals surface area contributed by atoms with Crippen molar-refractivity contribution < 1.29 is 23.8 Å². The average Bonchev–Trinajstić information content (AvgIpc) is 4.45. The van der Waals surface area contributed by atoms with Gasteiger partial charge in [0.2, 0.25) is 0 Å². The number of benzene rings is 4. The summed E-state index contributed by atoms with van der Waals surface area (Å²) in [4.78, 5) is 50.8. The number of nitrogens with two attached hydrogens (primary N) is 1. The van der Waals surface area contributed by atoms with E-state index in [0.29, 0.717) is 44.4 Å². The number of amides is 3. The quantitative estimate of drug-likeness (QED) is 0.0567. The second-order valence-corrected chi connectivity index (χ2v) is 23.2. The summed E-state index contributed by atoms with van der Waals surface area (Å²) in [6, 6.07) is 43.5. The summed E-state index contributed by atoms with van der Waals surface area (Å²) in [7, 11) is 0. The highest BCUT2D eigenvalue weighted by Gasteiger charge is 2.42. The van der Waals surface area contributed by atoms with Crippen LogP contribution in [-0.2, 0) is 15.6 Å². The first-order chi connectivity index (χ1) is 37.7. The molecule has 4 aromatic carbocycles. The molecule has 8 N–H and O–H groups in total. The van der Waals surface area contributed by atoms with Gasteiger partial charge in [-0.25, -0.2) is 14.8 Å². The van der Waals surface area contributed by atoms with Crippen molar-refractivity contribution in [2.45, 2.75) is 62.9 Å². The smallest absolute Gasteiger partial charge is 0.412 e. The zero-order valence-electron chi connectivity index (χ0n) is 44.2. The maximum atomic E-state index is 12.9. The number of nitrogen functional groups attached to an aromatic ring is 1. The number of rotatable bonds is 8. The van der Waals surface area contributed by atoms with Crippen molar-refractivity contribution >= 4 is 92.1 Å². The van der Waals surface area contributed by atoms with E-state index in [4.69, 9.17) is 22.1 Å². The van der Waals surface area contributed by atoms with Crippen LogP contribution in [0.1, 0.15) is 78.3 Å². The molecule has 79 heavy (non-hydrogen) atoms. The molecule has 8 aromatic rings. The SMILES string of the molecule is CC(C)(C)OC(=O)Nc1ccc(-c2cccs2)cc1NC(=O)c1ccc(Cl)nc1.F.Nc1ccc(-c2cccs2)cc1NC(=O)c1ccc(N2CCC3(CC2)CNc2ccccc23)nc1.c1ccc2c(c1)NCC21CCNCC1. The van der Waals surface area contributed by atoms with Crippen molar-refractivity contribution in [3.8, 4) is 20.9 Å². The zero-order chi connectivity index (χ0) is 54.3. The molecule has 4 aliphatic rings. The summed E-state index contributed by atoms with van der Waals surface area (Å²) in [5, 5.41) is 23.3. The van der Waals surface area contributed by atoms with Crippen LogP contribution in [0, 0.1) is 0 Å². The molecule has 2 fully saturated rings. The van der Waals surface area contributed by atoms with Gasteiger partial charge in [0, 0.05) is 70.5 Å². The number of pyridine rings is 2. The molecule has 14 nitrogen and oxygen atoms in total. The second-order valence-electron chi connectivity index (χ2n) is 20.9. The largest absolute Gasteiger partial charge is 0.444 e. The molecule has 8 heterocycles. The zero-order valence-corrected chi connectivity index (χ0v) is 46.6. The molecular weight excluding hydrogens is 1060 g/mol. The third kappa shape index (κ3) is 13.2. The Hall–Kier alpha value is -7.83. The van der Waals surface area contributed by atoms with Crippen LogP contribution >= 0.6 is 34.3 Å². The fraction of sp³-hybridized carbons (Fsp3) is 0.262. The molecule has 0 atom stereocenters. The van der Waals surface area contributed by atoms with Gasteiger partial charge in [-0.3, -0.25) is 19.6 Å². The van der Waals surface area contributed by atoms with Gasteiger partial charge in [-0.1, -0.05) is 72.3 Å². The molecule has 4 aliphatic heterocycles. The van der Waals surface area contributed by atoms with E-state index in [1.165, 1.54) is 36.0 Å². The van der Waals surface area contributed by atoms with Crippen LogP contribution in [0.5, 0.6) is 0 Å². The fourth-order valence-electron chi connectivity index (χ4n) is 10.5. The Kier molecular flexibility index (Phi) is 17.3. The van der Waals surface area contributed by atoms with Crippen LogP contribution in [0.2, 0.25) is 5.15 Å². The maximum Gasteiger partial charge on any atom is 0.412 e. The lowest BCUT2D eigenvalue weighted by molar-refractivity contribution is 0.0635. The van der Waals surface area contributed by atoms with Gasteiger partial charge < -0.3 is 42.0 Å². The van der Waals surface area contributed by atoms with Gasteiger partial charge in [0.25, 0.3) is 11.8 Å². The molecule has 12 rings (SSSR count). The van der Waals surface area contributed by atoms with Gasteiger partial charge >= 0.3 is 6.09 Å². The van der Waals surface area contributed by atoms with E-state index in [0.717, 1.165) is 78.8 Å². The van der Waals surface area contributed by atoms with Crippen molar-refractivity contribution in [1.82, 2.24) is 15.3 Å². The fourth-order valence-corrected chi connectivity index (χ4v) is 12.1. The molecule has 0 bridgehead atoms. The Bertz CT molecular complexity index is 3370. The Morgan fingerprint density at radius 3 is 1.72 bits per heavy atom. The molecule has 408 valence electrons. The van der Waals surface area contributed by atoms with E-state index >= 15 is 0 Å². The monoisotopic (exact) mass is 1120 g/mol. The van der Waals surface area contributed by atoms with Gasteiger partial charge in [0.1, 0.15) is 16.6 Å². The van der Waals surface area contributed by atoms with E-state index in [-0.39, 0.29) is 21.9 Å². The van der Waals surface area contributed by atoms with E-state index in [2.05, 4.69) is 101 Å². The number of halogens is 2. The Morgan fingerprint density at radius 1 is 0.633 bits per heavy atom. The molecule has 0 saturated carbocycles. The minimum Gasteiger partial charge on any atom is -0.444 e. The summed E-state index contributed by atoms with van der Waals surface area (Å²) in [6.45, 7) is 11.7. The molecule has 18 heteroatoms. The number of nitrogens with one attached hydrogen (secondary N) is 6. The van der Waals surface area contributed by atoms with Gasteiger partial charge in [0.15, 0.2) is 0 Å². The molecule has 3 amide bonds. The molecule has 0 radical (unpaired) electrons. The molecule has 4 aromatic heterocycles. The van der Waals surface area contributed by atoms with Crippen LogP contribution < -0.4 is 42.5 Å². The summed E-state index contributed by atoms with van der Waals surface area (Å²) >= 11 is 9.02. The number of carbonyl (C=O) groups is 3. The summed E-state index contributed by atoms with van der Waals surface area (Å²) < 4.78 is 5.32. The Morgan fingerprint density at radius 2 is 1.18 bits per heavy atom. The minimum absolute atomic E-state index is 0. The van der Waals surface area contributed by atoms with Gasteiger partial charge in [-0.2, -0.15) is 0 Å². The predicted molar refractivity (Wildman–Crippen MR) is 322 cm³/mol. The number of para-hydroxylation sites is 2. The van der Waals surface area contributed by atoms with Crippen molar-refractivity contribution in [2.24, 2.45) is 0 Å². The number of ether oxygens (including phenoxy) is 1.